The lowest BCUT2D eigenvalue weighted by molar-refractivity contribution is -0.0122. The van der Waals surface area contributed by atoms with Crippen molar-refractivity contribution in [3.05, 3.63) is 47.1 Å². The fourth-order valence-corrected chi connectivity index (χ4v) is 2.92. The van der Waals surface area contributed by atoms with E-state index in [0.29, 0.717) is 16.1 Å². The monoisotopic (exact) mass is 338 g/mol. The first-order chi connectivity index (χ1) is 10.9. The zero-order chi connectivity index (χ0) is 16.6. The van der Waals surface area contributed by atoms with E-state index in [0.717, 1.165) is 4.90 Å². The second-order valence-electron chi connectivity index (χ2n) is 5.32. The quantitative estimate of drug-likeness (QED) is 0.814. The first kappa shape index (κ1) is 15.7. The fraction of sp³-hybridized carbons (Fsp3) is 0.250. The smallest absolute Gasteiger partial charge is 0.413 e. The highest BCUT2D eigenvalue weighted by Crippen LogP contribution is 2.42. The number of alkyl halides is 2. The van der Waals surface area contributed by atoms with E-state index in [9.17, 15) is 18.7 Å². The molecular formula is C16H13ClF2N2O2. The lowest BCUT2D eigenvalue weighted by Crippen LogP contribution is -2.31. The van der Waals surface area contributed by atoms with Gasteiger partial charge in [0.1, 0.15) is 5.82 Å². The number of benzene rings is 1. The summed E-state index contributed by atoms with van der Waals surface area (Å²) in [6, 6.07) is 8.13. The molecule has 2 heterocycles. The summed E-state index contributed by atoms with van der Waals surface area (Å²) in [5.41, 5.74) is 0.627. The molecule has 1 aliphatic rings. The van der Waals surface area contributed by atoms with Crippen LogP contribution in [0, 0.1) is 0 Å². The van der Waals surface area contributed by atoms with Crippen molar-refractivity contribution < 1.29 is 18.7 Å². The Morgan fingerprint density at radius 2 is 2.09 bits per heavy atom. The molecule has 1 aromatic heterocycles. The Morgan fingerprint density at radius 3 is 2.78 bits per heavy atom. The highest BCUT2D eigenvalue weighted by atomic mass is 35.5. The molecule has 0 aliphatic carbocycles. The maximum Gasteiger partial charge on any atom is 0.413 e. The van der Waals surface area contributed by atoms with Crippen LogP contribution in [0.15, 0.2) is 36.5 Å². The average Bonchev–Trinajstić information content (AvgIpc) is 2.64. The molecule has 0 radical (unpaired) electrons. The van der Waals surface area contributed by atoms with Crippen LogP contribution in [0.1, 0.15) is 18.4 Å². The first-order valence-corrected chi connectivity index (χ1v) is 7.41. The number of anilines is 1. The van der Waals surface area contributed by atoms with E-state index >= 15 is 0 Å². The zero-order valence-corrected chi connectivity index (χ0v) is 12.7. The van der Waals surface area contributed by atoms with E-state index in [-0.39, 0.29) is 24.3 Å². The summed E-state index contributed by atoms with van der Waals surface area (Å²) in [6.45, 7) is -0.00361. The van der Waals surface area contributed by atoms with Crippen molar-refractivity contribution in [3.8, 4) is 11.1 Å². The molecule has 0 atom stereocenters. The van der Waals surface area contributed by atoms with Crippen LogP contribution in [0.5, 0.6) is 0 Å². The maximum absolute atomic E-state index is 14.4. The summed E-state index contributed by atoms with van der Waals surface area (Å²) in [4.78, 5) is 16.2. The number of rotatable bonds is 1. The third-order valence-corrected chi connectivity index (χ3v) is 4.13. The van der Waals surface area contributed by atoms with Crippen LogP contribution in [-0.2, 0) is 5.92 Å². The topological polar surface area (TPSA) is 53.4 Å². The number of nitrogens with zero attached hydrogens (tertiary/aromatic N) is 2. The molecule has 1 N–H and O–H groups in total. The molecule has 1 amide bonds. The zero-order valence-electron chi connectivity index (χ0n) is 12.0. The van der Waals surface area contributed by atoms with Crippen LogP contribution in [0.25, 0.3) is 11.1 Å². The van der Waals surface area contributed by atoms with E-state index in [4.69, 9.17) is 11.6 Å². The van der Waals surface area contributed by atoms with E-state index < -0.39 is 18.4 Å². The van der Waals surface area contributed by atoms with Crippen molar-refractivity contribution in [1.82, 2.24) is 4.98 Å². The van der Waals surface area contributed by atoms with Crippen molar-refractivity contribution in [2.45, 2.75) is 18.8 Å². The molecule has 1 aliphatic heterocycles. The van der Waals surface area contributed by atoms with Gasteiger partial charge in [-0.25, -0.2) is 18.6 Å². The Hall–Kier alpha value is -2.21. The molecule has 0 bridgehead atoms. The molecule has 0 fully saturated rings. The Kier molecular flexibility index (Phi) is 3.93. The van der Waals surface area contributed by atoms with Gasteiger partial charge in [-0.15, -0.1) is 0 Å². The van der Waals surface area contributed by atoms with Crippen LogP contribution in [-0.4, -0.2) is 22.7 Å². The van der Waals surface area contributed by atoms with Gasteiger partial charge in [0.25, 0.3) is 5.92 Å². The summed E-state index contributed by atoms with van der Waals surface area (Å²) in [6.07, 6.45) is -0.270. The third-order valence-electron chi connectivity index (χ3n) is 3.80. The molecule has 2 aromatic rings. The number of fused-ring (bicyclic) bond motifs is 1. The Balaban J connectivity index is 2.18. The van der Waals surface area contributed by atoms with Gasteiger partial charge in [-0.1, -0.05) is 29.8 Å². The molecule has 7 heteroatoms. The largest absolute Gasteiger partial charge is 0.465 e. The van der Waals surface area contributed by atoms with E-state index in [2.05, 4.69) is 4.98 Å². The standard InChI is InChI=1S/C16H13ClF2N2O2/c17-13-5-2-1-4-11(13)10-8-12-14(20-9-10)21(15(22)23)7-3-6-16(12,18)19/h1-2,4-5,8-9H,3,6-7H2,(H,22,23). The molecule has 0 spiro atoms. The van der Waals surface area contributed by atoms with Gasteiger partial charge in [-0.05, 0) is 18.6 Å². The van der Waals surface area contributed by atoms with Gasteiger partial charge in [-0.3, -0.25) is 4.90 Å². The number of hydrogen-bond donors (Lipinski definition) is 1. The van der Waals surface area contributed by atoms with E-state index in [1.165, 1.54) is 12.3 Å². The van der Waals surface area contributed by atoms with Crippen molar-refractivity contribution in [2.24, 2.45) is 0 Å². The van der Waals surface area contributed by atoms with Crippen LogP contribution >= 0.6 is 11.6 Å². The fourth-order valence-electron chi connectivity index (χ4n) is 2.67. The minimum Gasteiger partial charge on any atom is -0.465 e. The second kappa shape index (κ2) is 5.77. The molecule has 0 unspecified atom stereocenters. The molecular weight excluding hydrogens is 326 g/mol. The molecule has 1 aromatic carbocycles. The van der Waals surface area contributed by atoms with Gasteiger partial charge >= 0.3 is 6.09 Å². The molecule has 3 rings (SSSR count). The van der Waals surface area contributed by atoms with Gasteiger partial charge < -0.3 is 5.11 Å². The number of halogens is 3. The maximum atomic E-state index is 14.4. The predicted octanol–water partition coefficient (Wildman–Crippen LogP) is 4.77. The Morgan fingerprint density at radius 1 is 1.35 bits per heavy atom. The van der Waals surface area contributed by atoms with Gasteiger partial charge in [0.15, 0.2) is 0 Å². The number of carbonyl (C=O) groups is 1. The molecule has 23 heavy (non-hydrogen) atoms. The van der Waals surface area contributed by atoms with Crippen molar-refractivity contribution in [3.63, 3.8) is 0 Å². The number of hydrogen-bond acceptors (Lipinski definition) is 2. The van der Waals surface area contributed by atoms with Crippen LogP contribution in [0.3, 0.4) is 0 Å². The van der Waals surface area contributed by atoms with Crippen LogP contribution in [0.4, 0.5) is 19.4 Å². The molecule has 4 nitrogen and oxygen atoms in total. The number of amides is 1. The van der Waals surface area contributed by atoms with Crippen LogP contribution in [0.2, 0.25) is 5.02 Å². The average molecular weight is 339 g/mol. The number of pyridine rings is 1. The van der Waals surface area contributed by atoms with Gasteiger partial charge in [-0.2, -0.15) is 0 Å². The minimum absolute atomic E-state index is 0.00361. The SMILES string of the molecule is O=C(O)N1CCCC(F)(F)c2cc(-c3ccccc3Cl)cnc21. The highest BCUT2D eigenvalue weighted by Gasteiger charge is 2.40. The van der Waals surface area contributed by atoms with Crippen molar-refractivity contribution in [2.75, 3.05) is 11.4 Å². The Bertz CT molecular complexity index is 767. The molecule has 0 saturated heterocycles. The summed E-state index contributed by atoms with van der Waals surface area (Å²) in [7, 11) is 0. The lowest BCUT2D eigenvalue weighted by atomic mass is 10.0. The lowest BCUT2D eigenvalue weighted by Gasteiger charge is -2.21. The highest BCUT2D eigenvalue weighted by molar-refractivity contribution is 6.33. The van der Waals surface area contributed by atoms with Crippen LogP contribution < -0.4 is 4.90 Å². The number of carboxylic acid groups (broad SMARTS) is 1. The summed E-state index contributed by atoms with van der Waals surface area (Å²) in [5, 5.41) is 9.65. The van der Waals surface area contributed by atoms with Gasteiger partial charge in [0.2, 0.25) is 0 Å². The Labute approximate surface area is 136 Å². The minimum atomic E-state index is -3.14. The van der Waals surface area contributed by atoms with E-state index in [1.54, 1.807) is 24.3 Å². The first-order valence-electron chi connectivity index (χ1n) is 7.04. The summed E-state index contributed by atoms with van der Waals surface area (Å²) in [5.74, 6) is -3.35. The predicted molar refractivity (Wildman–Crippen MR) is 83.2 cm³/mol. The van der Waals surface area contributed by atoms with Gasteiger partial charge in [0.05, 0.1) is 5.56 Å². The third kappa shape index (κ3) is 2.86. The number of aromatic nitrogens is 1. The van der Waals surface area contributed by atoms with Crippen molar-refractivity contribution >= 4 is 23.5 Å². The summed E-state index contributed by atoms with van der Waals surface area (Å²) < 4.78 is 28.8. The van der Waals surface area contributed by atoms with Gasteiger partial charge in [0, 0.05) is 35.3 Å². The van der Waals surface area contributed by atoms with E-state index in [1.807, 2.05) is 0 Å². The van der Waals surface area contributed by atoms with Crippen molar-refractivity contribution in [1.29, 1.82) is 0 Å². The normalized spacial score (nSPS) is 16.6. The molecule has 120 valence electrons. The second-order valence-corrected chi connectivity index (χ2v) is 5.72. The summed E-state index contributed by atoms with van der Waals surface area (Å²) >= 11 is 6.10. The molecule has 0 saturated carbocycles.